The lowest BCUT2D eigenvalue weighted by Gasteiger charge is -2.11. The zero-order valence-corrected chi connectivity index (χ0v) is 14.2. The molecule has 130 valence electrons. The van der Waals surface area contributed by atoms with Crippen molar-refractivity contribution in [2.75, 3.05) is 14.2 Å². The number of hydrogen-bond donors (Lipinski definition) is 2. The number of methoxy groups -OCH3 is 2. The third kappa shape index (κ3) is 2.43. The molecule has 0 atom stereocenters. The summed E-state index contributed by atoms with van der Waals surface area (Å²) in [4.78, 5) is 19.4. The average Bonchev–Trinajstić information content (AvgIpc) is 3.05. The van der Waals surface area contributed by atoms with E-state index in [1.54, 1.807) is 38.5 Å². The summed E-state index contributed by atoms with van der Waals surface area (Å²) in [6.07, 6.45) is 0. The zero-order chi connectivity index (χ0) is 18.3. The predicted octanol–water partition coefficient (Wildman–Crippen LogP) is 4.10. The minimum Gasteiger partial charge on any atom is -0.497 e. The van der Waals surface area contributed by atoms with Gasteiger partial charge in [-0.25, -0.2) is 9.78 Å². The van der Waals surface area contributed by atoms with Crippen molar-refractivity contribution in [3.05, 3.63) is 54.2 Å². The van der Waals surface area contributed by atoms with Gasteiger partial charge < -0.3 is 19.6 Å². The number of H-pyrrole nitrogens is 1. The second-order valence-corrected chi connectivity index (χ2v) is 5.82. The first-order valence-corrected chi connectivity index (χ1v) is 7.99. The molecule has 2 N–H and O–H groups in total. The molecule has 2 aromatic heterocycles. The van der Waals surface area contributed by atoms with Gasteiger partial charge in [0.05, 0.1) is 25.4 Å². The summed E-state index contributed by atoms with van der Waals surface area (Å²) in [6.45, 7) is 0. The molecule has 0 unspecified atom stereocenters. The fraction of sp³-hybridized carbons (Fsp3) is 0.100. The molecule has 0 spiro atoms. The molecular formula is C20H16N2O4. The second-order valence-electron chi connectivity index (χ2n) is 5.82. The number of aromatic carboxylic acids is 1. The number of nitrogens with zero attached hydrogens (tertiary/aromatic N) is 1. The molecule has 0 bridgehead atoms. The Hall–Kier alpha value is -3.54. The Bertz CT molecular complexity index is 1150. The number of benzene rings is 2. The highest BCUT2D eigenvalue weighted by Crippen LogP contribution is 2.38. The number of aromatic nitrogens is 2. The first-order valence-electron chi connectivity index (χ1n) is 7.99. The third-order valence-corrected chi connectivity index (χ3v) is 4.38. The molecule has 2 heterocycles. The summed E-state index contributed by atoms with van der Waals surface area (Å²) < 4.78 is 10.8. The lowest BCUT2D eigenvalue weighted by molar-refractivity contribution is 0.0691. The highest BCUT2D eigenvalue weighted by atomic mass is 16.5. The number of aromatic amines is 1. The zero-order valence-electron chi connectivity index (χ0n) is 14.2. The number of carboxylic acids is 1. The number of fused-ring (bicyclic) bond motifs is 3. The smallest absolute Gasteiger partial charge is 0.354 e. The van der Waals surface area contributed by atoms with Gasteiger partial charge in [-0.3, -0.25) is 0 Å². The molecule has 0 aliphatic heterocycles. The fourth-order valence-electron chi connectivity index (χ4n) is 3.15. The molecular weight excluding hydrogens is 332 g/mol. The van der Waals surface area contributed by atoms with E-state index in [1.807, 2.05) is 24.3 Å². The maximum absolute atomic E-state index is 11.6. The highest BCUT2D eigenvalue weighted by molar-refractivity contribution is 6.13. The normalized spacial score (nSPS) is 11.0. The molecule has 2 aromatic carbocycles. The van der Waals surface area contributed by atoms with E-state index in [0.717, 1.165) is 21.8 Å². The monoisotopic (exact) mass is 348 g/mol. The largest absolute Gasteiger partial charge is 0.497 e. The van der Waals surface area contributed by atoms with Crippen LogP contribution in [-0.4, -0.2) is 35.3 Å². The van der Waals surface area contributed by atoms with Crippen LogP contribution in [0.4, 0.5) is 0 Å². The van der Waals surface area contributed by atoms with Crippen molar-refractivity contribution in [1.82, 2.24) is 9.97 Å². The Kier molecular flexibility index (Phi) is 3.73. The van der Waals surface area contributed by atoms with Gasteiger partial charge >= 0.3 is 5.97 Å². The predicted molar refractivity (Wildman–Crippen MR) is 99.1 cm³/mol. The van der Waals surface area contributed by atoms with E-state index in [9.17, 15) is 9.90 Å². The van der Waals surface area contributed by atoms with Crippen LogP contribution in [-0.2, 0) is 0 Å². The van der Waals surface area contributed by atoms with Gasteiger partial charge in [-0.1, -0.05) is 18.2 Å². The summed E-state index contributed by atoms with van der Waals surface area (Å²) in [6, 6.07) is 14.7. The molecule has 0 aliphatic rings. The highest BCUT2D eigenvalue weighted by Gasteiger charge is 2.19. The van der Waals surface area contributed by atoms with Crippen LogP contribution in [0.3, 0.4) is 0 Å². The number of para-hydroxylation sites is 1. The van der Waals surface area contributed by atoms with Crippen molar-refractivity contribution in [3.63, 3.8) is 0 Å². The molecule has 0 amide bonds. The standard InChI is InChI=1S/C20H16N2O4/c1-25-11-7-8-17(26-2)14(9-11)19-18-13(10-16(22-19)20(23)24)12-5-3-4-6-15(12)21-18/h3-10,21H,1-2H3,(H,23,24). The number of nitrogens with one attached hydrogen (secondary N) is 1. The van der Waals surface area contributed by atoms with E-state index in [4.69, 9.17) is 9.47 Å². The van der Waals surface area contributed by atoms with Gasteiger partial charge in [0, 0.05) is 21.9 Å². The van der Waals surface area contributed by atoms with Gasteiger partial charge in [0.1, 0.15) is 17.2 Å². The summed E-state index contributed by atoms with van der Waals surface area (Å²) in [7, 11) is 3.14. The minimum atomic E-state index is -1.08. The number of carbonyl (C=O) groups is 1. The van der Waals surface area contributed by atoms with Gasteiger partial charge in [-0.15, -0.1) is 0 Å². The maximum atomic E-state index is 11.6. The first kappa shape index (κ1) is 16.0. The number of hydrogen-bond acceptors (Lipinski definition) is 4. The lowest BCUT2D eigenvalue weighted by atomic mass is 10.1. The summed E-state index contributed by atoms with van der Waals surface area (Å²) in [5.74, 6) is 0.133. The Morgan fingerprint density at radius 1 is 1.04 bits per heavy atom. The average molecular weight is 348 g/mol. The molecule has 4 aromatic rings. The van der Waals surface area contributed by atoms with E-state index in [1.165, 1.54) is 0 Å². The Morgan fingerprint density at radius 3 is 2.58 bits per heavy atom. The third-order valence-electron chi connectivity index (χ3n) is 4.38. The molecule has 0 radical (unpaired) electrons. The van der Waals surface area contributed by atoms with Crippen LogP contribution in [0, 0.1) is 0 Å². The Balaban J connectivity index is 2.13. The minimum absolute atomic E-state index is 0.0258. The molecule has 0 saturated heterocycles. The topological polar surface area (TPSA) is 84.4 Å². The summed E-state index contributed by atoms with van der Waals surface area (Å²) in [5, 5.41) is 11.3. The van der Waals surface area contributed by atoms with Crippen LogP contribution >= 0.6 is 0 Å². The molecule has 6 heteroatoms. The SMILES string of the molecule is COc1ccc(OC)c(-c2nc(C(=O)O)cc3c2[nH]c2ccccc23)c1. The fourth-order valence-corrected chi connectivity index (χ4v) is 3.15. The van der Waals surface area contributed by atoms with Gasteiger partial charge in [-0.2, -0.15) is 0 Å². The van der Waals surface area contributed by atoms with Crippen molar-refractivity contribution in [2.45, 2.75) is 0 Å². The van der Waals surface area contributed by atoms with Crippen LogP contribution in [0.15, 0.2) is 48.5 Å². The quantitative estimate of drug-likeness (QED) is 0.580. The van der Waals surface area contributed by atoms with E-state index >= 15 is 0 Å². The second kappa shape index (κ2) is 6.07. The van der Waals surface area contributed by atoms with E-state index in [0.29, 0.717) is 22.8 Å². The van der Waals surface area contributed by atoms with Crippen LogP contribution in [0.1, 0.15) is 10.5 Å². The summed E-state index contributed by atoms with van der Waals surface area (Å²) in [5.41, 5.74) is 2.80. The number of rotatable bonds is 4. The van der Waals surface area contributed by atoms with Crippen molar-refractivity contribution in [2.24, 2.45) is 0 Å². The van der Waals surface area contributed by atoms with Gasteiger partial charge in [-0.05, 0) is 30.3 Å². The number of ether oxygens (including phenoxy) is 2. The Labute approximate surface area is 149 Å². The van der Waals surface area contributed by atoms with Crippen LogP contribution in [0.5, 0.6) is 11.5 Å². The van der Waals surface area contributed by atoms with Crippen molar-refractivity contribution in [3.8, 4) is 22.8 Å². The summed E-state index contributed by atoms with van der Waals surface area (Å²) >= 11 is 0. The van der Waals surface area contributed by atoms with E-state index in [2.05, 4.69) is 9.97 Å². The van der Waals surface area contributed by atoms with Crippen LogP contribution in [0.2, 0.25) is 0 Å². The van der Waals surface area contributed by atoms with Crippen LogP contribution in [0.25, 0.3) is 33.1 Å². The lowest BCUT2D eigenvalue weighted by Crippen LogP contribution is -2.02. The first-order chi connectivity index (χ1) is 12.6. The van der Waals surface area contributed by atoms with Gasteiger partial charge in [0.15, 0.2) is 0 Å². The van der Waals surface area contributed by atoms with Gasteiger partial charge in [0.2, 0.25) is 0 Å². The van der Waals surface area contributed by atoms with E-state index in [-0.39, 0.29) is 5.69 Å². The number of pyridine rings is 1. The van der Waals surface area contributed by atoms with Crippen molar-refractivity contribution < 1.29 is 19.4 Å². The number of carboxylic acid groups (broad SMARTS) is 1. The molecule has 0 aliphatic carbocycles. The van der Waals surface area contributed by atoms with E-state index < -0.39 is 5.97 Å². The van der Waals surface area contributed by atoms with Gasteiger partial charge in [0.25, 0.3) is 0 Å². The van der Waals surface area contributed by atoms with Crippen molar-refractivity contribution >= 4 is 27.8 Å². The van der Waals surface area contributed by atoms with Crippen molar-refractivity contribution in [1.29, 1.82) is 0 Å². The van der Waals surface area contributed by atoms with Crippen LogP contribution < -0.4 is 9.47 Å². The Morgan fingerprint density at radius 2 is 1.85 bits per heavy atom. The molecule has 0 saturated carbocycles. The molecule has 4 rings (SSSR count). The maximum Gasteiger partial charge on any atom is 0.354 e. The molecule has 26 heavy (non-hydrogen) atoms. The molecule has 0 fully saturated rings. The molecule has 6 nitrogen and oxygen atoms in total.